The van der Waals surface area contributed by atoms with E-state index in [1.807, 2.05) is 0 Å². The third kappa shape index (κ3) is 4.40. The number of sulfonamides is 1. The lowest BCUT2D eigenvalue weighted by molar-refractivity contribution is 0.0962. The molecule has 2 aromatic carbocycles. The lowest BCUT2D eigenvalue weighted by Gasteiger charge is -2.13. The van der Waals surface area contributed by atoms with Crippen molar-refractivity contribution in [2.75, 3.05) is 12.4 Å². The van der Waals surface area contributed by atoms with Crippen LogP contribution in [0, 0.1) is 13.8 Å². The van der Waals surface area contributed by atoms with Crippen molar-refractivity contribution in [1.82, 2.24) is 10.0 Å². The SMILES string of the molecule is CNC(=O)c1ccc(NC(=O)c2cc(S(=O)(=O)NC3CC3)ccc2C)c(C)c1. The van der Waals surface area contributed by atoms with E-state index in [0.717, 1.165) is 18.4 Å². The second-order valence-electron chi connectivity index (χ2n) is 6.94. The zero-order chi connectivity index (χ0) is 20.5. The highest BCUT2D eigenvalue weighted by Gasteiger charge is 2.28. The van der Waals surface area contributed by atoms with Crippen LogP contribution in [0.2, 0.25) is 0 Å². The molecule has 3 rings (SSSR count). The molecule has 0 radical (unpaired) electrons. The Balaban J connectivity index is 1.84. The molecule has 0 atom stereocenters. The predicted octanol–water partition coefficient (Wildman–Crippen LogP) is 2.36. The summed E-state index contributed by atoms with van der Waals surface area (Å²) in [6.07, 6.45) is 1.67. The highest BCUT2D eigenvalue weighted by molar-refractivity contribution is 7.89. The number of nitrogens with one attached hydrogen (secondary N) is 3. The van der Waals surface area contributed by atoms with Gasteiger partial charge in [0.2, 0.25) is 10.0 Å². The summed E-state index contributed by atoms with van der Waals surface area (Å²) in [5.41, 5.74) is 2.73. The summed E-state index contributed by atoms with van der Waals surface area (Å²) in [4.78, 5) is 24.6. The molecule has 0 unspecified atom stereocenters. The van der Waals surface area contributed by atoms with Crippen LogP contribution in [-0.4, -0.2) is 33.3 Å². The van der Waals surface area contributed by atoms with Crippen molar-refractivity contribution in [3.63, 3.8) is 0 Å². The second kappa shape index (κ2) is 7.73. The Morgan fingerprint density at radius 3 is 2.29 bits per heavy atom. The minimum absolute atomic E-state index is 0.00920. The van der Waals surface area contributed by atoms with Gasteiger partial charge in [-0.05, 0) is 68.1 Å². The van der Waals surface area contributed by atoms with Crippen LogP contribution in [0.1, 0.15) is 44.7 Å². The Morgan fingerprint density at radius 1 is 0.964 bits per heavy atom. The monoisotopic (exact) mass is 401 g/mol. The normalized spacial score (nSPS) is 13.8. The van der Waals surface area contributed by atoms with E-state index in [-0.39, 0.29) is 22.4 Å². The van der Waals surface area contributed by atoms with Crippen molar-refractivity contribution >= 4 is 27.5 Å². The van der Waals surface area contributed by atoms with E-state index in [2.05, 4.69) is 15.4 Å². The van der Waals surface area contributed by atoms with Gasteiger partial charge in [-0.25, -0.2) is 13.1 Å². The fraction of sp³-hybridized carbons (Fsp3) is 0.300. The van der Waals surface area contributed by atoms with E-state index in [4.69, 9.17) is 0 Å². The van der Waals surface area contributed by atoms with Crippen molar-refractivity contribution in [1.29, 1.82) is 0 Å². The fourth-order valence-electron chi connectivity index (χ4n) is 2.78. The molecular weight excluding hydrogens is 378 g/mol. The molecule has 8 heteroatoms. The number of aryl methyl sites for hydroxylation is 2. The minimum atomic E-state index is -3.64. The standard InChI is InChI=1S/C20H23N3O4S/c1-12-4-8-16(28(26,27)23-15-6-7-15)11-17(12)20(25)22-18-9-5-14(10-13(18)2)19(24)21-3/h4-5,8-11,15,23H,6-7H2,1-3H3,(H,21,24)(H,22,25). The van der Waals surface area contributed by atoms with Crippen molar-refractivity contribution in [2.24, 2.45) is 0 Å². The molecular formula is C20H23N3O4S. The second-order valence-corrected chi connectivity index (χ2v) is 8.65. The van der Waals surface area contributed by atoms with Gasteiger partial charge in [-0.15, -0.1) is 0 Å². The lowest BCUT2D eigenvalue weighted by Crippen LogP contribution is -2.26. The fourth-order valence-corrected chi connectivity index (χ4v) is 4.11. The maximum Gasteiger partial charge on any atom is 0.255 e. The molecule has 1 fully saturated rings. The molecule has 0 spiro atoms. The van der Waals surface area contributed by atoms with E-state index in [9.17, 15) is 18.0 Å². The molecule has 2 amide bonds. The van der Waals surface area contributed by atoms with Gasteiger partial charge < -0.3 is 10.6 Å². The van der Waals surface area contributed by atoms with Crippen LogP contribution in [0.4, 0.5) is 5.69 Å². The molecule has 0 bridgehead atoms. The topological polar surface area (TPSA) is 104 Å². The van der Waals surface area contributed by atoms with Crippen molar-refractivity contribution < 1.29 is 18.0 Å². The van der Waals surface area contributed by atoms with E-state index in [0.29, 0.717) is 16.8 Å². The molecule has 0 aromatic heterocycles. The van der Waals surface area contributed by atoms with E-state index < -0.39 is 15.9 Å². The zero-order valence-electron chi connectivity index (χ0n) is 16.0. The smallest absolute Gasteiger partial charge is 0.255 e. The Kier molecular flexibility index (Phi) is 5.53. The Hall–Kier alpha value is -2.71. The van der Waals surface area contributed by atoms with Crippen molar-refractivity contribution in [3.8, 4) is 0 Å². The predicted molar refractivity (Wildman–Crippen MR) is 107 cm³/mol. The Labute approximate surface area is 164 Å². The van der Waals surface area contributed by atoms with Crippen LogP contribution >= 0.6 is 0 Å². The van der Waals surface area contributed by atoms with Gasteiger partial charge in [-0.3, -0.25) is 9.59 Å². The molecule has 1 aliphatic rings. The number of carbonyl (C=O) groups excluding carboxylic acids is 2. The first kappa shape index (κ1) is 20.0. The van der Waals surface area contributed by atoms with E-state index in [1.165, 1.54) is 12.1 Å². The van der Waals surface area contributed by atoms with E-state index in [1.54, 1.807) is 45.2 Å². The zero-order valence-corrected chi connectivity index (χ0v) is 16.8. The number of benzene rings is 2. The van der Waals surface area contributed by atoms with Gasteiger partial charge in [0.25, 0.3) is 11.8 Å². The van der Waals surface area contributed by atoms with Crippen LogP contribution in [0.3, 0.4) is 0 Å². The molecule has 148 valence electrons. The van der Waals surface area contributed by atoms with Gasteiger partial charge in [0.15, 0.2) is 0 Å². The summed E-state index contributed by atoms with van der Waals surface area (Å²) in [6.45, 7) is 3.54. The molecule has 0 heterocycles. The third-order valence-corrected chi connectivity index (χ3v) is 6.15. The average molecular weight is 401 g/mol. The first-order valence-electron chi connectivity index (χ1n) is 8.98. The molecule has 28 heavy (non-hydrogen) atoms. The Bertz CT molecular complexity index is 1040. The maximum absolute atomic E-state index is 12.8. The number of carbonyl (C=O) groups is 2. The summed E-state index contributed by atoms with van der Waals surface area (Å²) in [5, 5.41) is 5.35. The highest BCUT2D eigenvalue weighted by Crippen LogP contribution is 2.24. The number of rotatable bonds is 6. The molecule has 3 N–H and O–H groups in total. The summed E-state index contributed by atoms with van der Waals surface area (Å²) < 4.78 is 27.5. The Morgan fingerprint density at radius 2 is 1.68 bits per heavy atom. The van der Waals surface area contributed by atoms with Crippen molar-refractivity contribution in [3.05, 3.63) is 58.7 Å². The number of anilines is 1. The van der Waals surface area contributed by atoms with Crippen LogP contribution in [0.25, 0.3) is 0 Å². The first-order chi connectivity index (χ1) is 13.2. The first-order valence-corrected chi connectivity index (χ1v) is 10.5. The van der Waals surface area contributed by atoms with Crippen LogP contribution < -0.4 is 15.4 Å². The number of hydrogen-bond acceptors (Lipinski definition) is 4. The van der Waals surface area contributed by atoms with Gasteiger partial charge in [0.1, 0.15) is 0 Å². The highest BCUT2D eigenvalue weighted by atomic mass is 32.2. The largest absolute Gasteiger partial charge is 0.355 e. The van der Waals surface area contributed by atoms with Crippen LogP contribution in [-0.2, 0) is 10.0 Å². The quantitative estimate of drug-likeness (QED) is 0.691. The minimum Gasteiger partial charge on any atom is -0.355 e. The van der Waals surface area contributed by atoms with Gasteiger partial charge in [0.05, 0.1) is 4.90 Å². The summed E-state index contributed by atoms with van der Waals surface area (Å²) in [7, 11) is -2.09. The molecule has 1 aliphatic carbocycles. The number of amides is 2. The lowest BCUT2D eigenvalue weighted by atomic mass is 10.1. The molecule has 2 aromatic rings. The van der Waals surface area contributed by atoms with Crippen LogP contribution in [0.5, 0.6) is 0 Å². The molecule has 0 aliphatic heterocycles. The average Bonchev–Trinajstić information content (AvgIpc) is 3.46. The summed E-state index contributed by atoms with van der Waals surface area (Å²) >= 11 is 0. The molecule has 1 saturated carbocycles. The molecule has 7 nitrogen and oxygen atoms in total. The summed E-state index contributed by atoms with van der Waals surface area (Å²) in [6, 6.07) is 9.46. The third-order valence-electron chi connectivity index (χ3n) is 4.63. The van der Waals surface area contributed by atoms with Gasteiger partial charge in [-0.2, -0.15) is 0 Å². The van der Waals surface area contributed by atoms with Crippen LogP contribution in [0.15, 0.2) is 41.3 Å². The summed E-state index contributed by atoms with van der Waals surface area (Å²) in [5.74, 6) is -0.616. The van der Waals surface area contributed by atoms with E-state index >= 15 is 0 Å². The number of hydrogen-bond donors (Lipinski definition) is 3. The van der Waals surface area contributed by atoms with Gasteiger partial charge in [0, 0.05) is 29.9 Å². The maximum atomic E-state index is 12.8. The van der Waals surface area contributed by atoms with Crippen molar-refractivity contribution in [2.45, 2.75) is 37.6 Å². The van der Waals surface area contributed by atoms with Gasteiger partial charge in [-0.1, -0.05) is 6.07 Å². The van der Waals surface area contributed by atoms with Gasteiger partial charge >= 0.3 is 0 Å². The molecule has 0 saturated heterocycles.